The SMILES string of the molecule is C#Cc1ccc(N)c(O)c1F. The summed E-state index contributed by atoms with van der Waals surface area (Å²) in [6.07, 6.45) is 4.93. The van der Waals surface area contributed by atoms with Gasteiger partial charge in [0, 0.05) is 0 Å². The summed E-state index contributed by atoms with van der Waals surface area (Å²) in [5.74, 6) is 0.650. The van der Waals surface area contributed by atoms with Gasteiger partial charge in [-0.1, -0.05) is 5.92 Å². The van der Waals surface area contributed by atoms with Crippen molar-refractivity contribution >= 4 is 5.69 Å². The molecule has 0 aliphatic heterocycles. The van der Waals surface area contributed by atoms with E-state index in [2.05, 4.69) is 5.92 Å². The van der Waals surface area contributed by atoms with Crippen LogP contribution >= 0.6 is 0 Å². The quantitative estimate of drug-likeness (QED) is 0.331. The van der Waals surface area contributed by atoms with Crippen LogP contribution in [0, 0.1) is 18.2 Å². The predicted molar refractivity (Wildman–Crippen MR) is 40.4 cm³/mol. The first-order chi connectivity index (χ1) is 5.16. The lowest BCUT2D eigenvalue weighted by Crippen LogP contribution is -1.90. The molecule has 0 saturated carbocycles. The Morgan fingerprint density at radius 3 is 2.73 bits per heavy atom. The molecule has 0 aromatic heterocycles. The lowest BCUT2D eigenvalue weighted by molar-refractivity contribution is 0.434. The van der Waals surface area contributed by atoms with Crippen molar-refractivity contribution in [3.05, 3.63) is 23.5 Å². The second-order valence-corrected chi connectivity index (χ2v) is 2.01. The number of terminal acetylenes is 1. The van der Waals surface area contributed by atoms with Gasteiger partial charge in [-0.05, 0) is 12.1 Å². The highest BCUT2D eigenvalue weighted by molar-refractivity contribution is 5.56. The molecule has 1 rings (SSSR count). The van der Waals surface area contributed by atoms with E-state index in [0.717, 1.165) is 0 Å². The molecule has 2 nitrogen and oxygen atoms in total. The number of nitrogens with two attached hydrogens (primary N) is 1. The van der Waals surface area contributed by atoms with Gasteiger partial charge in [-0.2, -0.15) is 0 Å². The van der Waals surface area contributed by atoms with E-state index in [1.807, 2.05) is 0 Å². The number of hydrogen-bond acceptors (Lipinski definition) is 2. The van der Waals surface area contributed by atoms with Crippen molar-refractivity contribution in [2.24, 2.45) is 0 Å². The van der Waals surface area contributed by atoms with E-state index in [0.29, 0.717) is 0 Å². The number of phenolic OH excluding ortho intramolecular Hbond substituents is 1. The predicted octanol–water partition coefficient (Wildman–Crippen LogP) is 1.09. The standard InChI is InChI=1S/C8H6FNO/c1-2-5-3-4-6(10)8(11)7(5)9/h1,3-4,11H,10H2. The van der Waals surface area contributed by atoms with Crippen molar-refractivity contribution in [2.45, 2.75) is 0 Å². The molecule has 1 aromatic carbocycles. The van der Waals surface area contributed by atoms with Gasteiger partial charge in [-0.3, -0.25) is 0 Å². The smallest absolute Gasteiger partial charge is 0.182 e. The highest BCUT2D eigenvalue weighted by Crippen LogP contribution is 2.25. The fourth-order valence-electron chi connectivity index (χ4n) is 0.691. The van der Waals surface area contributed by atoms with E-state index in [9.17, 15) is 4.39 Å². The Kier molecular flexibility index (Phi) is 1.69. The van der Waals surface area contributed by atoms with Crippen molar-refractivity contribution in [2.75, 3.05) is 5.73 Å². The van der Waals surface area contributed by atoms with Gasteiger partial charge in [0.25, 0.3) is 0 Å². The number of nitrogen functional groups attached to an aromatic ring is 1. The zero-order chi connectivity index (χ0) is 8.43. The van der Waals surface area contributed by atoms with Gasteiger partial charge in [0.1, 0.15) is 0 Å². The summed E-state index contributed by atoms with van der Waals surface area (Å²) in [6, 6.07) is 2.69. The van der Waals surface area contributed by atoms with Crippen LogP contribution < -0.4 is 5.73 Å². The molecule has 0 unspecified atom stereocenters. The highest BCUT2D eigenvalue weighted by Gasteiger charge is 2.07. The van der Waals surface area contributed by atoms with Crippen molar-refractivity contribution in [1.29, 1.82) is 0 Å². The van der Waals surface area contributed by atoms with Gasteiger partial charge in [0.2, 0.25) is 0 Å². The lowest BCUT2D eigenvalue weighted by Gasteiger charge is -2.00. The Balaban J connectivity index is 3.40. The Labute approximate surface area is 63.5 Å². The van der Waals surface area contributed by atoms with Crippen LogP contribution in [0.3, 0.4) is 0 Å². The topological polar surface area (TPSA) is 46.2 Å². The molecule has 56 valence electrons. The number of halogens is 1. The van der Waals surface area contributed by atoms with Gasteiger partial charge in [0.05, 0.1) is 11.3 Å². The molecule has 0 atom stereocenters. The van der Waals surface area contributed by atoms with E-state index < -0.39 is 11.6 Å². The molecular formula is C8H6FNO. The molecule has 0 bridgehead atoms. The average molecular weight is 151 g/mol. The van der Waals surface area contributed by atoms with E-state index in [1.165, 1.54) is 12.1 Å². The van der Waals surface area contributed by atoms with Crippen molar-refractivity contribution < 1.29 is 9.50 Å². The molecule has 1 aromatic rings. The summed E-state index contributed by atoms with van der Waals surface area (Å²) in [6.45, 7) is 0. The van der Waals surface area contributed by atoms with Crippen LogP contribution in [0.1, 0.15) is 5.56 Å². The number of benzene rings is 1. The Morgan fingerprint density at radius 1 is 1.55 bits per heavy atom. The third-order valence-electron chi connectivity index (χ3n) is 1.30. The number of aromatic hydroxyl groups is 1. The third kappa shape index (κ3) is 1.10. The molecule has 0 heterocycles. The molecular weight excluding hydrogens is 145 g/mol. The van der Waals surface area contributed by atoms with Gasteiger partial charge in [-0.15, -0.1) is 6.42 Å². The Hall–Kier alpha value is -1.69. The van der Waals surface area contributed by atoms with E-state index in [-0.39, 0.29) is 11.3 Å². The zero-order valence-corrected chi connectivity index (χ0v) is 5.63. The van der Waals surface area contributed by atoms with Crippen LogP contribution in [0.15, 0.2) is 12.1 Å². The zero-order valence-electron chi connectivity index (χ0n) is 5.63. The van der Waals surface area contributed by atoms with Gasteiger partial charge >= 0.3 is 0 Å². The van der Waals surface area contributed by atoms with E-state index >= 15 is 0 Å². The minimum Gasteiger partial charge on any atom is -0.503 e. The van der Waals surface area contributed by atoms with Crippen molar-refractivity contribution in [1.82, 2.24) is 0 Å². The Morgan fingerprint density at radius 2 is 2.18 bits per heavy atom. The minimum absolute atomic E-state index is 0.0108. The third-order valence-corrected chi connectivity index (χ3v) is 1.30. The number of rotatable bonds is 0. The molecule has 0 radical (unpaired) electrons. The summed E-state index contributed by atoms with van der Waals surface area (Å²) in [7, 11) is 0. The maximum absolute atomic E-state index is 12.8. The minimum atomic E-state index is -0.840. The molecule has 0 spiro atoms. The summed E-state index contributed by atoms with van der Waals surface area (Å²) in [5, 5.41) is 8.92. The van der Waals surface area contributed by atoms with E-state index in [1.54, 1.807) is 0 Å². The van der Waals surface area contributed by atoms with E-state index in [4.69, 9.17) is 17.3 Å². The number of phenols is 1. The number of anilines is 1. The van der Waals surface area contributed by atoms with Crippen LogP contribution in [0.4, 0.5) is 10.1 Å². The maximum Gasteiger partial charge on any atom is 0.182 e. The van der Waals surface area contributed by atoms with Gasteiger partial charge in [0.15, 0.2) is 11.6 Å². The average Bonchev–Trinajstić information content (AvgIpc) is 2.01. The van der Waals surface area contributed by atoms with Crippen LogP contribution in [0.2, 0.25) is 0 Å². The fourth-order valence-corrected chi connectivity index (χ4v) is 0.691. The molecule has 0 aliphatic rings. The molecule has 0 fully saturated rings. The molecule has 3 N–H and O–H groups in total. The van der Waals surface area contributed by atoms with Crippen LogP contribution in [-0.2, 0) is 0 Å². The van der Waals surface area contributed by atoms with Crippen LogP contribution in [-0.4, -0.2) is 5.11 Å². The van der Waals surface area contributed by atoms with Crippen molar-refractivity contribution in [3.63, 3.8) is 0 Å². The first kappa shape index (κ1) is 7.42. The molecule has 0 saturated heterocycles. The fraction of sp³-hybridized carbons (Fsp3) is 0. The number of hydrogen-bond donors (Lipinski definition) is 2. The monoisotopic (exact) mass is 151 g/mol. The second kappa shape index (κ2) is 2.51. The summed E-state index contributed by atoms with van der Waals surface area (Å²) < 4.78 is 12.8. The van der Waals surface area contributed by atoms with Gasteiger partial charge < -0.3 is 10.8 Å². The van der Waals surface area contributed by atoms with Gasteiger partial charge in [-0.25, -0.2) is 4.39 Å². The van der Waals surface area contributed by atoms with Crippen LogP contribution in [0.5, 0.6) is 5.75 Å². The summed E-state index contributed by atoms with van der Waals surface area (Å²) >= 11 is 0. The lowest BCUT2D eigenvalue weighted by atomic mass is 10.2. The normalized spacial score (nSPS) is 9.09. The maximum atomic E-state index is 12.8. The summed E-state index contributed by atoms with van der Waals surface area (Å²) in [4.78, 5) is 0. The molecule has 11 heavy (non-hydrogen) atoms. The first-order valence-corrected chi connectivity index (χ1v) is 2.90. The van der Waals surface area contributed by atoms with Crippen LogP contribution in [0.25, 0.3) is 0 Å². The Bertz CT molecular complexity index is 328. The van der Waals surface area contributed by atoms with Crippen molar-refractivity contribution in [3.8, 4) is 18.1 Å². The molecule has 0 aliphatic carbocycles. The first-order valence-electron chi connectivity index (χ1n) is 2.90. The second-order valence-electron chi connectivity index (χ2n) is 2.01. The largest absolute Gasteiger partial charge is 0.503 e. The highest BCUT2D eigenvalue weighted by atomic mass is 19.1. The molecule has 0 amide bonds. The summed E-state index contributed by atoms with van der Waals surface area (Å²) in [5.41, 5.74) is 5.18. The molecule has 3 heteroatoms.